The monoisotopic (exact) mass is 932 g/mol. The maximum absolute atomic E-state index is 12.5. The minimum atomic E-state index is -1.16. The summed E-state index contributed by atoms with van der Waals surface area (Å²) in [7, 11) is 0. The number of nitrogens with one attached hydrogen (secondary N) is 1. The lowest BCUT2D eigenvalue weighted by molar-refractivity contribution is -0.124. The molecule has 0 rings (SSSR count). The Morgan fingerprint density at radius 2 is 0.606 bits per heavy atom. The second-order valence-corrected chi connectivity index (χ2v) is 21.3. The standard InChI is InChI=1S/C61H121NO4/c1-3-5-7-9-11-13-15-17-19-20-21-22-23-24-25-26-27-28-29-30-31-32-33-34-35-36-37-38-39-40-42-44-46-48-50-52-54-56-60(65)62-58(57-63)61(66)59(64)55-53-51-49-47-45-43-41-18-16-14-12-10-8-6-4-2/h47,49,58-59,61,63-64,66H,3-46,48,50-57H2,1-2H3,(H,62,65)/b49-47+. The normalized spacial score (nSPS) is 13.2. The molecule has 66 heavy (non-hydrogen) atoms. The van der Waals surface area contributed by atoms with Crippen molar-refractivity contribution in [3.8, 4) is 0 Å². The van der Waals surface area contributed by atoms with Crippen LogP contribution in [0.4, 0.5) is 0 Å². The second kappa shape index (κ2) is 56.7. The molecule has 0 aromatic rings. The summed E-state index contributed by atoms with van der Waals surface area (Å²) in [4.78, 5) is 12.5. The lowest BCUT2D eigenvalue weighted by Gasteiger charge is -2.26. The van der Waals surface area contributed by atoms with Crippen LogP contribution in [0.2, 0.25) is 0 Å². The predicted molar refractivity (Wildman–Crippen MR) is 292 cm³/mol. The molecule has 0 aromatic heterocycles. The van der Waals surface area contributed by atoms with E-state index in [1.165, 1.54) is 283 Å². The number of aliphatic hydroxyl groups is 3. The molecule has 0 saturated heterocycles. The van der Waals surface area contributed by atoms with Crippen LogP contribution in [0.3, 0.4) is 0 Å². The van der Waals surface area contributed by atoms with Crippen LogP contribution in [0.1, 0.15) is 348 Å². The molecule has 5 heteroatoms. The van der Waals surface area contributed by atoms with Crippen molar-refractivity contribution >= 4 is 5.91 Å². The number of carbonyl (C=O) groups is 1. The molecule has 3 atom stereocenters. The summed E-state index contributed by atoms with van der Waals surface area (Å²) in [5, 5.41) is 33.7. The fourth-order valence-electron chi connectivity index (χ4n) is 9.93. The highest BCUT2D eigenvalue weighted by Crippen LogP contribution is 2.19. The highest BCUT2D eigenvalue weighted by Gasteiger charge is 2.26. The van der Waals surface area contributed by atoms with Gasteiger partial charge in [-0.3, -0.25) is 4.79 Å². The van der Waals surface area contributed by atoms with E-state index in [4.69, 9.17) is 0 Å². The molecule has 0 bridgehead atoms. The fourth-order valence-corrected chi connectivity index (χ4v) is 9.93. The number of rotatable bonds is 57. The molecule has 394 valence electrons. The Kier molecular flexibility index (Phi) is 55.9. The second-order valence-electron chi connectivity index (χ2n) is 21.3. The van der Waals surface area contributed by atoms with Gasteiger partial charge in [-0.25, -0.2) is 0 Å². The van der Waals surface area contributed by atoms with Crippen molar-refractivity contribution in [1.29, 1.82) is 0 Å². The van der Waals surface area contributed by atoms with E-state index >= 15 is 0 Å². The minimum absolute atomic E-state index is 0.147. The largest absolute Gasteiger partial charge is 0.394 e. The van der Waals surface area contributed by atoms with E-state index in [1.54, 1.807) is 0 Å². The minimum Gasteiger partial charge on any atom is -0.394 e. The Hall–Kier alpha value is -0.910. The number of allylic oxidation sites excluding steroid dienone is 2. The van der Waals surface area contributed by atoms with Crippen molar-refractivity contribution in [2.75, 3.05) is 6.61 Å². The molecule has 1 amide bonds. The third-order valence-electron chi connectivity index (χ3n) is 14.6. The average molecular weight is 933 g/mol. The van der Waals surface area contributed by atoms with Gasteiger partial charge in [-0.15, -0.1) is 0 Å². The maximum atomic E-state index is 12.5. The molecule has 0 aliphatic carbocycles. The lowest BCUT2D eigenvalue weighted by Crippen LogP contribution is -2.50. The van der Waals surface area contributed by atoms with E-state index in [2.05, 4.69) is 31.3 Å². The Morgan fingerprint density at radius 1 is 0.364 bits per heavy atom. The summed E-state index contributed by atoms with van der Waals surface area (Å²) in [5.41, 5.74) is 0. The first-order valence-electron chi connectivity index (χ1n) is 30.5. The van der Waals surface area contributed by atoms with Gasteiger partial charge < -0.3 is 20.6 Å². The van der Waals surface area contributed by atoms with Gasteiger partial charge in [0.25, 0.3) is 0 Å². The number of carbonyl (C=O) groups excluding carboxylic acids is 1. The van der Waals surface area contributed by atoms with Gasteiger partial charge in [0.2, 0.25) is 5.91 Å². The van der Waals surface area contributed by atoms with Crippen molar-refractivity contribution < 1.29 is 20.1 Å². The van der Waals surface area contributed by atoms with Crippen LogP contribution in [0.5, 0.6) is 0 Å². The zero-order chi connectivity index (χ0) is 47.9. The maximum Gasteiger partial charge on any atom is 0.220 e. The topological polar surface area (TPSA) is 89.8 Å². The van der Waals surface area contributed by atoms with E-state index in [0.717, 1.165) is 38.5 Å². The van der Waals surface area contributed by atoms with Crippen LogP contribution in [0.25, 0.3) is 0 Å². The van der Waals surface area contributed by atoms with Crippen LogP contribution < -0.4 is 5.32 Å². The number of unbranched alkanes of at least 4 members (excludes halogenated alkanes) is 47. The van der Waals surface area contributed by atoms with E-state index < -0.39 is 18.2 Å². The smallest absolute Gasteiger partial charge is 0.220 e. The lowest BCUT2D eigenvalue weighted by atomic mass is 10.0. The van der Waals surface area contributed by atoms with Crippen LogP contribution in [0, 0.1) is 0 Å². The summed E-state index contributed by atoms with van der Waals surface area (Å²) in [6.07, 6.45) is 71.2. The van der Waals surface area contributed by atoms with Crippen LogP contribution in [-0.2, 0) is 4.79 Å². The third-order valence-corrected chi connectivity index (χ3v) is 14.6. The molecular formula is C61H121NO4. The Morgan fingerprint density at radius 3 is 0.879 bits per heavy atom. The first-order valence-corrected chi connectivity index (χ1v) is 30.5. The third kappa shape index (κ3) is 51.0. The Bertz CT molecular complexity index is 940. The zero-order valence-electron chi connectivity index (χ0n) is 45.1. The van der Waals surface area contributed by atoms with Crippen molar-refractivity contribution in [2.45, 2.75) is 366 Å². The van der Waals surface area contributed by atoms with Gasteiger partial charge in [-0.2, -0.15) is 0 Å². The number of hydrogen-bond acceptors (Lipinski definition) is 4. The molecule has 0 heterocycles. The summed E-state index contributed by atoms with van der Waals surface area (Å²) in [6.45, 7) is 4.20. The summed E-state index contributed by atoms with van der Waals surface area (Å²) in [6, 6.07) is -0.822. The molecule has 0 radical (unpaired) electrons. The van der Waals surface area contributed by atoms with Gasteiger partial charge in [0, 0.05) is 6.42 Å². The Labute approximate surface area is 414 Å². The van der Waals surface area contributed by atoms with E-state index in [1.807, 2.05) is 0 Å². The summed E-state index contributed by atoms with van der Waals surface area (Å²) < 4.78 is 0. The fraction of sp³-hybridized carbons (Fsp3) is 0.951. The van der Waals surface area contributed by atoms with Crippen LogP contribution in [0.15, 0.2) is 12.2 Å². The highest BCUT2D eigenvalue weighted by molar-refractivity contribution is 5.76. The first-order chi connectivity index (χ1) is 32.6. The van der Waals surface area contributed by atoms with Crippen LogP contribution in [-0.4, -0.2) is 46.1 Å². The van der Waals surface area contributed by atoms with Gasteiger partial charge in [0.05, 0.1) is 18.8 Å². The quantitative estimate of drug-likeness (QED) is 0.0361. The molecule has 0 fully saturated rings. The Balaban J connectivity index is 3.42. The highest BCUT2D eigenvalue weighted by atomic mass is 16.3. The van der Waals surface area contributed by atoms with E-state index in [0.29, 0.717) is 12.8 Å². The van der Waals surface area contributed by atoms with Gasteiger partial charge in [-0.1, -0.05) is 315 Å². The zero-order valence-corrected chi connectivity index (χ0v) is 45.1. The van der Waals surface area contributed by atoms with Crippen molar-refractivity contribution in [3.05, 3.63) is 12.2 Å². The summed E-state index contributed by atoms with van der Waals surface area (Å²) >= 11 is 0. The van der Waals surface area contributed by atoms with Gasteiger partial charge in [0.15, 0.2) is 0 Å². The van der Waals surface area contributed by atoms with Crippen LogP contribution >= 0.6 is 0 Å². The number of amides is 1. The molecule has 0 spiro atoms. The van der Waals surface area contributed by atoms with E-state index in [-0.39, 0.29) is 12.5 Å². The molecule has 0 aliphatic rings. The molecule has 4 N–H and O–H groups in total. The first kappa shape index (κ1) is 65.1. The average Bonchev–Trinajstić information content (AvgIpc) is 3.32. The van der Waals surface area contributed by atoms with Crippen molar-refractivity contribution in [1.82, 2.24) is 5.32 Å². The van der Waals surface area contributed by atoms with Crippen molar-refractivity contribution in [3.63, 3.8) is 0 Å². The van der Waals surface area contributed by atoms with E-state index in [9.17, 15) is 20.1 Å². The van der Waals surface area contributed by atoms with Gasteiger partial charge >= 0.3 is 0 Å². The molecular weight excluding hydrogens is 811 g/mol. The number of hydrogen-bond donors (Lipinski definition) is 4. The summed E-state index contributed by atoms with van der Waals surface area (Å²) in [5.74, 6) is -0.147. The molecule has 0 saturated carbocycles. The number of aliphatic hydroxyl groups excluding tert-OH is 3. The molecule has 5 nitrogen and oxygen atoms in total. The predicted octanol–water partition coefficient (Wildman–Crippen LogP) is 19.1. The SMILES string of the molecule is CCCCCCCCCCCC/C=C/CCCC(O)C(O)C(CO)NC(=O)CCCCCCCCCCCCCCCCCCCCCCCCCCCCCCCCCCCCCCC. The molecule has 0 aromatic carbocycles. The van der Waals surface area contributed by atoms with Gasteiger partial charge in [0.1, 0.15) is 6.10 Å². The van der Waals surface area contributed by atoms with Crippen molar-refractivity contribution in [2.24, 2.45) is 0 Å². The molecule has 0 aliphatic heterocycles. The van der Waals surface area contributed by atoms with Gasteiger partial charge in [-0.05, 0) is 38.5 Å². The molecule has 3 unspecified atom stereocenters.